The summed E-state index contributed by atoms with van der Waals surface area (Å²) in [6, 6.07) is 0. The van der Waals surface area contributed by atoms with Crippen LogP contribution in [0.5, 0.6) is 0 Å². The predicted octanol–water partition coefficient (Wildman–Crippen LogP) is 2.27. The monoisotopic (exact) mass is 160 g/mol. The fourth-order valence-corrected chi connectivity index (χ4v) is 1.56. The molecule has 0 aromatic rings. The van der Waals surface area contributed by atoms with Crippen LogP contribution in [0.1, 0.15) is 32.1 Å². The molecule has 0 N–H and O–H groups in total. The molecule has 1 aliphatic carbocycles. The normalized spacial score (nSPS) is 21.3. The molecule has 1 rings (SSSR count). The van der Waals surface area contributed by atoms with Crippen molar-refractivity contribution in [2.24, 2.45) is 0 Å². The van der Waals surface area contributed by atoms with Crippen molar-refractivity contribution in [3.63, 3.8) is 0 Å². The molecule has 10 heavy (non-hydrogen) atoms. The highest BCUT2D eigenvalue weighted by Gasteiger charge is 2.12. The van der Waals surface area contributed by atoms with Gasteiger partial charge in [0, 0.05) is 5.75 Å². The third-order valence-electron chi connectivity index (χ3n) is 2.00. The maximum atomic E-state index is 5.56. The fraction of sp³-hybridized carbons (Fsp3) is 1.00. The number of rotatable bonds is 3. The summed E-state index contributed by atoms with van der Waals surface area (Å²) in [5, 5.41) is 0. The van der Waals surface area contributed by atoms with Crippen LogP contribution >= 0.6 is 12.6 Å². The van der Waals surface area contributed by atoms with Crippen LogP contribution in [0.25, 0.3) is 0 Å². The summed E-state index contributed by atoms with van der Waals surface area (Å²) in [7, 11) is 0. The number of hydrogen-bond donors (Lipinski definition) is 1. The third-order valence-corrected chi connectivity index (χ3v) is 2.18. The van der Waals surface area contributed by atoms with Crippen LogP contribution in [0.15, 0.2) is 0 Å². The van der Waals surface area contributed by atoms with Crippen molar-refractivity contribution in [2.75, 3.05) is 12.4 Å². The zero-order valence-corrected chi connectivity index (χ0v) is 7.28. The molecule has 0 aromatic carbocycles. The van der Waals surface area contributed by atoms with Gasteiger partial charge in [-0.1, -0.05) is 19.3 Å². The first-order valence-corrected chi connectivity index (χ1v) is 4.79. The lowest BCUT2D eigenvalue weighted by Crippen LogP contribution is -2.17. The molecule has 0 heterocycles. The molecule has 0 spiro atoms. The first-order valence-electron chi connectivity index (χ1n) is 4.16. The minimum Gasteiger partial charge on any atom is -0.377 e. The van der Waals surface area contributed by atoms with Gasteiger partial charge in [-0.15, -0.1) is 0 Å². The summed E-state index contributed by atoms with van der Waals surface area (Å²) >= 11 is 4.10. The van der Waals surface area contributed by atoms with E-state index in [1.807, 2.05) is 0 Å². The predicted molar refractivity (Wildman–Crippen MR) is 46.7 cm³/mol. The Kier molecular flexibility index (Phi) is 4.23. The Bertz CT molecular complexity index is 79.3. The van der Waals surface area contributed by atoms with E-state index in [0.717, 1.165) is 12.4 Å². The van der Waals surface area contributed by atoms with E-state index in [1.165, 1.54) is 32.1 Å². The summed E-state index contributed by atoms with van der Waals surface area (Å²) in [6.07, 6.45) is 7.22. The molecule has 1 saturated carbocycles. The first-order chi connectivity index (χ1) is 4.93. The second kappa shape index (κ2) is 5.03. The van der Waals surface area contributed by atoms with Crippen molar-refractivity contribution in [1.29, 1.82) is 0 Å². The van der Waals surface area contributed by atoms with E-state index in [1.54, 1.807) is 0 Å². The SMILES string of the molecule is SCCOC1CCCCC1. The minimum absolute atomic E-state index is 0.556. The molecule has 2 heteroatoms. The molecule has 0 aliphatic heterocycles. The topological polar surface area (TPSA) is 9.23 Å². The van der Waals surface area contributed by atoms with Gasteiger partial charge >= 0.3 is 0 Å². The average Bonchev–Trinajstić information content (AvgIpc) is 2.03. The van der Waals surface area contributed by atoms with Crippen LogP contribution in [0, 0.1) is 0 Å². The lowest BCUT2D eigenvalue weighted by Gasteiger charge is -2.21. The Morgan fingerprint density at radius 3 is 2.50 bits per heavy atom. The Morgan fingerprint density at radius 2 is 1.90 bits per heavy atom. The Morgan fingerprint density at radius 1 is 1.20 bits per heavy atom. The molecule has 1 fully saturated rings. The van der Waals surface area contributed by atoms with E-state index in [0.29, 0.717) is 6.10 Å². The van der Waals surface area contributed by atoms with E-state index in [9.17, 15) is 0 Å². The summed E-state index contributed by atoms with van der Waals surface area (Å²) in [6.45, 7) is 0.827. The molecule has 1 nitrogen and oxygen atoms in total. The average molecular weight is 160 g/mol. The molecule has 0 bridgehead atoms. The van der Waals surface area contributed by atoms with Crippen molar-refractivity contribution in [2.45, 2.75) is 38.2 Å². The molecular formula is C8H16OS. The Labute approximate surface area is 68.6 Å². The van der Waals surface area contributed by atoms with Crippen molar-refractivity contribution in [3.8, 4) is 0 Å². The van der Waals surface area contributed by atoms with Gasteiger partial charge in [0.15, 0.2) is 0 Å². The van der Waals surface area contributed by atoms with Crippen LogP contribution in [0.3, 0.4) is 0 Å². The summed E-state index contributed by atoms with van der Waals surface area (Å²) < 4.78 is 5.56. The van der Waals surface area contributed by atoms with Crippen molar-refractivity contribution in [3.05, 3.63) is 0 Å². The maximum absolute atomic E-state index is 5.56. The Hall–Kier alpha value is 0.310. The van der Waals surface area contributed by atoms with Gasteiger partial charge in [0.2, 0.25) is 0 Å². The van der Waals surface area contributed by atoms with Crippen LogP contribution in [-0.2, 0) is 4.74 Å². The Balaban J connectivity index is 2.02. The van der Waals surface area contributed by atoms with Crippen LogP contribution in [-0.4, -0.2) is 18.5 Å². The standard InChI is InChI=1S/C8H16OS/c10-7-6-9-8-4-2-1-3-5-8/h8,10H,1-7H2. The van der Waals surface area contributed by atoms with Gasteiger partial charge in [-0.3, -0.25) is 0 Å². The third kappa shape index (κ3) is 2.93. The van der Waals surface area contributed by atoms with E-state index < -0.39 is 0 Å². The quantitative estimate of drug-likeness (QED) is 0.623. The van der Waals surface area contributed by atoms with E-state index in [4.69, 9.17) is 4.74 Å². The molecule has 1 aliphatic rings. The van der Waals surface area contributed by atoms with E-state index in [2.05, 4.69) is 12.6 Å². The number of hydrogen-bond acceptors (Lipinski definition) is 2. The fourth-order valence-electron chi connectivity index (χ4n) is 1.45. The molecular weight excluding hydrogens is 144 g/mol. The van der Waals surface area contributed by atoms with Crippen LogP contribution in [0.4, 0.5) is 0 Å². The van der Waals surface area contributed by atoms with Gasteiger partial charge in [-0.05, 0) is 12.8 Å². The van der Waals surface area contributed by atoms with E-state index in [-0.39, 0.29) is 0 Å². The summed E-state index contributed by atoms with van der Waals surface area (Å²) in [5.74, 6) is 0.858. The minimum atomic E-state index is 0.556. The van der Waals surface area contributed by atoms with Crippen LogP contribution < -0.4 is 0 Å². The van der Waals surface area contributed by atoms with Gasteiger partial charge in [-0.25, -0.2) is 0 Å². The van der Waals surface area contributed by atoms with Crippen molar-refractivity contribution < 1.29 is 4.74 Å². The van der Waals surface area contributed by atoms with Gasteiger partial charge in [0.25, 0.3) is 0 Å². The zero-order chi connectivity index (χ0) is 7.23. The zero-order valence-electron chi connectivity index (χ0n) is 6.38. The molecule has 0 aromatic heterocycles. The van der Waals surface area contributed by atoms with Gasteiger partial charge in [0.05, 0.1) is 12.7 Å². The summed E-state index contributed by atoms with van der Waals surface area (Å²) in [4.78, 5) is 0. The lowest BCUT2D eigenvalue weighted by molar-refractivity contribution is 0.0386. The maximum Gasteiger partial charge on any atom is 0.0575 e. The molecule has 0 atom stereocenters. The second-order valence-electron chi connectivity index (χ2n) is 2.85. The molecule has 0 amide bonds. The lowest BCUT2D eigenvalue weighted by atomic mass is 9.98. The van der Waals surface area contributed by atoms with Crippen molar-refractivity contribution in [1.82, 2.24) is 0 Å². The number of thiol groups is 1. The molecule has 0 unspecified atom stereocenters. The number of ether oxygens (including phenoxy) is 1. The van der Waals surface area contributed by atoms with Gasteiger partial charge in [0.1, 0.15) is 0 Å². The van der Waals surface area contributed by atoms with Crippen LogP contribution in [0.2, 0.25) is 0 Å². The largest absolute Gasteiger partial charge is 0.377 e. The van der Waals surface area contributed by atoms with Gasteiger partial charge in [-0.2, -0.15) is 12.6 Å². The second-order valence-corrected chi connectivity index (χ2v) is 3.30. The smallest absolute Gasteiger partial charge is 0.0575 e. The molecule has 60 valence electrons. The molecule has 0 radical (unpaired) electrons. The molecule has 0 saturated heterocycles. The van der Waals surface area contributed by atoms with Gasteiger partial charge < -0.3 is 4.74 Å². The van der Waals surface area contributed by atoms with Crippen molar-refractivity contribution >= 4 is 12.6 Å². The highest BCUT2D eigenvalue weighted by atomic mass is 32.1. The van der Waals surface area contributed by atoms with E-state index >= 15 is 0 Å². The highest BCUT2D eigenvalue weighted by molar-refractivity contribution is 7.80. The first kappa shape index (κ1) is 8.41. The summed E-state index contributed by atoms with van der Waals surface area (Å²) in [5.41, 5.74) is 0. The highest BCUT2D eigenvalue weighted by Crippen LogP contribution is 2.19.